The van der Waals surface area contributed by atoms with Gasteiger partial charge in [0.25, 0.3) is 0 Å². The molecule has 14 heteroatoms. The van der Waals surface area contributed by atoms with E-state index in [2.05, 4.69) is 0 Å². The van der Waals surface area contributed by atoms with Gasteiger partial charge in [-0.1, -0.05) is 6.92 Å². The van der Waals surface area contributed by atoms with Gasteiger partial charge in [-0.05, 0) is 6.42 Å². The average Bonchev–Trinajstić information content (AvgIpc) is 2.61. The van der Waals surface area contributed by atoms with E-state index in [9.17, 15) is 44.1 Å². The molecule has 1 atom stereocenters. The molecule has 0 spiro atoms. The molecule has 0 saturated carbocycles. The van der Waals surface area contributed by atoms with Gasteiger partial charge in [0.2, 0.25) is 0 Å². The lowest BCUT2D eigenvalue weighted by Gasteiger charge is -2.35. The number of aliphatic carboxylic acids is 3. The van der Waals surface area contributed by atoms with E-state index in [-0.39, 0.29) is 65.4 Å². The van der Waals surface area contributed by atoms with Crippen molar-refractivity contribution in [2.75, 3.05) is 71.7 Å². The molecule has 0 radical (unpaired) electrons. The van der Waals surface area contributed by atoms with Crippen molar-refractivity contribution < 1.29 is 44.1 Å². The van der Waals surface area contributed by atoms with Crippen LogP contribution in [0.5, 0.6) is 0 Å². The van der Waals surface area contributed by atoms with E-state index < -0.39 is 37.8 Å². The molecule has 0 amide bonds. The summed E-state index contributed by atoms with van der Waals surface area (Å²) >= 11 is 0. The van der Waals surface area contributed by atoms with Gasteiger partial charge in [0.1, 0.15) is 12.3 Å². The molecule has 0 aliphatic carbocycles. The highest BCUT2D eigenvalue weighted by atomic mass is 31.2. The topological polar surface area (TPSA) is 182 Å². The highest BCUT2D eigenvalue weighted by molar-refractivity contribution is 7.51. The summed E-state index contributed by atoms with van der Waals surface area (Å²) in [6, 6.07) is -0.785. The Bertz CT molecular complexity index is 628. The third-order valence-electron chi connectivity index (χ3n) is 5.09. The van der Waals surface area contributed by atoms with Crippen LogP contribution in [0.4, 0.5) is 0 Å². The number of nitrogens with zero attached hydrogens (tertiary/aromatic N) is 4. The minimum atomic E-state index is -4.36. The van der Waals surface area contributed by atoms with Crippen molar-refractivity contribution >= 4 is 25.5 Å². The van der Waals surface area contributed by atoms with Crippen LogP contribution in [0.1, 0.15) is 13.3 Å². The van der Waals surface area contributed by atoms with E-state index in [4.69, 9.17) is 0 Å². The number of carbonyl (C=O) groups is 3. The van der Waals surface area contributed by atoms with Crippen LogP contribution < -0.4 is 0 Å². The van der Waals surface area contributed by atoms with Gasteiger partial charge in [0.15, 0.2) is 0 Å². The minimum Gasteiger partial charge on any atom is -0.480 e. The monoisotopic (exact) mass is 468 g/mol. The van der Waals surface area contributed by atoms with Crippen LogP contribution >= 0.6 is 7.60 Å². The van der Waals surface area contributed by atoms with Crippen LogP contribution in [-0.2, 0) is 18.9 Å². The van der Waals surface area contributed by atoms with E-state index >= 15 is 0 Å². The predicted molar refractivity (Wildman–Crippen MR) is 110 cm³/mol. The average molecular weight is 468 g/mol. The molecule has 0 aromatic carbocycles. The van der Waals surface area contributed by atoms with E-state index in [0.29, 0.717) is 6.42 Å². The lowest BCUT2D eigenvalue weighted by molar-refractivity contribution is -0.144. The molecule has 0 bridgehead atoms. The third kappa shape index (κ3) is 11.5. The van der Waals surface area contributed by atoms with Gasteiger partial charge >= 0.3 is 25.5 Å². The molecule has 13 nitrogen and oxygen atoms in total. The quantitative estimate of drug-likeness (QED) is 0.244. The number of rotatable bonds is 9. The summed E-state index contributed by atoms with van der Waals surface area (Å²) in [6.07, 6.45) is -0.179. The highest BCUT2D eigenvalue weighted by Crippen LogP contribution is 2.34. The predicted octanol–water partition coefficient (Wildman–Crippen LogP) is -1.62. The second kappa shape index (κ2) is 13.1. The number of carboxylic acids is 3. The van der Waals surface area contributed by atoms with Gasteiger partial charge in [-0.25, -0.2) is 0 Å². The molecule has 1 aliphatic rings. The van der Waals surface area contributed by atoms with Gasteiger partial charge in [0.05, 0.1) is 13.1 Å². The maximum Gasteiger partial charge on any atom is 0.339 e. The summed E-state index contributed by atoms with van der Waals surface area (Å²) in [6.45, 7) is 2.96. The Kier molecular flexibility index (Phi) is 11.6. The number of hydrogen-bond donors (Lipinski definition) is 5. The largest absolute Gasteiger partial charge is 0.480 e. The van der Waals surface area contributed by atoms with E-state index in [0.717, 1.165) is 0 Å². The van der Waals surface area contributed by atoms with Crippen molar-refractivity contribution in [1.82, 2.24) is 19.6 Å². The highest BCUT2D eigenvalue weighted by Gasteiger charge is 2.27. The van der Waals surface area contributed by atoms with Crippen LogP contribution in [0.2, 0.25) is 0 Å². The Hall–Kier alpha value is -1.60. The van der Waals surface area contributed by atoms with E-state index in [1.807, 2.05) is 0 Å². The zero-order chi connectivity index (χ0) is 23.6. The van der Waals surface area contributed by atoms with Crippen LogP contribution in [0.3, 0.4) is 0 Å². The Morgan fingerprint density at radius 3 is 1.48 bits per heavy atom. The maximum absolute atomic E-state index is 11.7. The van der Waals surface area contributed by atoms with Gasteiger partial charge in [-0.2, -0.15) is 0 Å². The van der Waals surface area contributed by atoms with Gasteiger partial charge < -0.3 is 25.1 Å². The van der Waals surface area contributed by atoms with Crippen LogP contribution in [0, 0.1) is 0 Å². The van der Waals surface area contributed by atoms with Crippen molar-refractivity contribution in [2.45, 2.75) is 19.4 Å². The van der Waals surface area contributed by atoms with Crippen molar-refractivity contribution in [3.63, 3.8) is 0 Å². The van der Waals surface area contributed by atoms with E-state index in [1.54, 1.807) is 21.6 Å². The summed E-state index contributed by atoms with van der Waals surface area (Å²) in [5.41, 5.74) is 0. The zero-order valence-corrected chi connectivity index (χ0v) is 18.6. The summed E-state index contributed by atoms with van der Waals surface area (Å²) in [4.78, 5) is 59.2. The SMILES string of the molecule is CCC(C(=O)O)N1CCN(CC(=O)O)CCN(CP(=O)(O)O)CCN(CC(=O)O)CC1. The molecular weight excluding hydrogens is 435 g/mol. The van der Waals surface area contributed by atoms with Gasteiger partial charge in [-0.15, -0.1) is 0 Å². The second-order valence-corrected chi connectivity index (χ2v) is 9.17. The first-order chi connectivity index (χ1) is 14.4. The lowest BCUT2D eigenvalue weighted by Crippen LogP contribution is -2.51. The fourth-order valence-electron chi connectivity index (χ4n) is 3.55. The lowest BCUT2D eigenvalue weighted by atomic mass is 10.2. The summed E-state index contributed by atoms with van der Waals surface area (Å²) in [5, 5.41) is 27.9. The standard InChI is InChI=1S/C17H33N4O9P/c1-2-14(17(26)27)21-9-7-18(11-15(22)23)3-5-20(13-31(28,29)30)6-4-19(8-10-21)12-16(24)25/h14H,2-13H2,1H3,(H,22,23)(H,24,25)(H,26,27)(H2,28,29,30). The Balaban J connectivity index is 3.08. The molecule has 5 N–H and O–H groups in total. The second-order valence-electron chi connectivity index (χ2n) is 7.56. The molecule has 31 heavy (non-hydrogen) atoms. The maximum atomic E-state index is 11.7. The third-order valence-corrected chi connectivity index (χ3v) is 5.85. The Labute approximate surface area is 181 Å². The molecule has 180 valence electrons. The minimum absolute atomic E-state index is 0.176. The van der Waals surface area contributed by atoms with Crippen LogP contribution in [0.25, 0.3) is 0 Å². The molecule has 1 aliphatic heterocycles. The van der Waals surface area contributed by atoms with Gasteiger partial charge in [0, 0.05) is 52.4 Å². The fourth-order valence-corrected chi connectivity index (χ4v) is 4.36. The van der Waals surface area contributed by atoms with Gasteiger partial charge in [-0.3, -0.25) is 38.5 Å². The van der Waals surface area contributed by atoms with Crippen molar-refractivity contribution in [2.24, 2.45) is 0 Å². The zero-order valence-electron chi connectivity index (χ0n) is 17.7. The molecule has 1 rings (SSSR count). The first-order valence-corrected chi connectivity index (χ1v) is 11.8. The molecule has 1 saturated heterocycles. The molecule has 1 unspecified atom stereocenters. The van der Waals surface area contributed by atoms with Crippen molar-refractivity contribution in [3.8, 4) is 0 Å². The molecule has 0 aromatic heterocycles. The van der Waals surface area contributed by atoms with Crippen LogP contribution in [0.15, 0.2) is 0 Å². The summed E-state index contributed by atoms with van der Waals surface area (Å²) in [7, 11) is -4.36. The first-order valence-electron chi connectivity index (χ1n) is 10.0. The van der Waals surface area contributed by atoms with Crippen molar-refractivity contribution in [1.29, 1.82) is 0 Å². The van der Waals surface area contributed by atoms with Crippen LogP contribution in [-0.4, -0.2) is 140 Å². The molecular formula is C17H33N4O9P. The first kappa shape index (κ1) is 27.4. The van der Waals surface area contributed by atoms with Crippen molar-refractivity contribution in [3.05, 3.63) is 0 Å². The number of carboxylic acid groups (broad SMARTS) is 3. The molecule has 0 aromatic rings. The normalized spacial score (nSPS) is 20.5. The molecule has 1 fully saturated rings. The summed E-state index contributed by atoms with van der Waals surface area (Å²) in [5.74, 6) is -3.12. The smallest absolute Gasteiger partial charge is 0.339 e. The number of hydrogen-bond acceptors (Lipinski definition) is 8. The Morgan fingerprint density at radius 1 is 0.774 bits per heavy atom. The Morgan fingerprint density at radius 2 is 1.16 bits per heavy atom. The fraction of sp³-hybridized carbons (Fsp3) is 0.824. The molecule has 1 heterocycles. The summed E-state index contributed by atoms with van der Waals surface area (Å²) < 4.78 is 11.5. The van der Waals surface area contributed by atoms with E-state index in [1.165, 1.54) is 4.90 Å².